The summed E-state index contributed by atoms with van der Waals surface area (Å²) in [7, 11) is 2.00. The third-order valence-corrected chi connectivity index (χ3v) is 5.31. The molecule has 1 aliphatic heterocycles. The van der Waals surface area contributed by atoms with Crippen LogP contribution in [-0.4, -0.2) is 47.8 Å². The number of likely N-dealkylation sites (tertiary alicyclic amines) is 1. The first-order chi connectivity index (χ1) is 8.60. The molecule has 4 unspecified atom stereocenters. The largest absolute Gasteiger partial charge is 0.394 e. The number of hydrogen-bond donors (Lipinski definition) is 2. The van der Waals surface area contributed by atoms with Crippen molar-refractivity contribution >= 4 is 0 Å². The zero-order valence-electron chi connectivity index (χ0n) is 12.3. The maximum atomic E-state index is 9.68. The lowest BCUT2D eigenvalue weighted by Gasteiger charge is -2.48. The van der Waals surface area contributed by atoms with E-state index in [0.717, 1.165) is 18.8 Å². The number of rotatable bonds is 3. The van der Waals surface area contributed by atoms with Crippen molar-refractivity contribution in [1.29, 1.82) is 0 Å². The molecule has 0 bridgehead atoms. The van der Waals surface area contributed by atoms with Gasteiger partial charge in [0.1, 0.15) is 0 Å². The molecule has 0 amide bonds. The van der Waals surface area contributed by atoms with Crippen molar-refractivity contribution in [3.05, 3.63) is 0 Å². The molecule has 0 aromatic heterocycles. The van der Waals surface area contributed by atoms with E-state index in [1.165, 1.54) is 32.2 Å². The summed E-state index contributed by atoms with van der Waals surface area (Å²) in [4.78, 5) is 2.71. The van der Waals surface area contributed by atoms with Crippen molar-refractivity contribution in [2.24, 2.45) is 5.92 Å². The van der Waals surface area contributed by atoms with E-state index in [4.69, 9.17) is 0 Å². The molecule has 18 heavy (non-hydrogen) atoms. The molecule has 0 radical (unpaired) electrons. The summed E-state index contributed by atoms with van der Waals surface area (Å²) in [6.45, 7) is 6.28. The van der Waals surface area contributed by atoms with Gasteiger partial charge in [0.2, 0.25) is 0 Å². The van der Waals surface area contributed by atoms with E-state index in [1.54, 1.807) is 0 Å². The van der Waals surface area contributed by atoms with Crippen molar-refractivity contribution in [2.45, 2.75) is 70.0 Å². The smallest absolute Gasteiger partial charge is 0.0613 e. The van der Waals surface area contributed by atoms with Gasteiger partial charge in [0, 0.05) is 17.6 Å². The van der Waals surface area contributed by atoms with Gasteiger partial charge >= 0.3 is 0 Å². The number of piperidine rings is 1. The fourth-order valence-electron chi connectivity index (χ4n) is 4.03. The zero-order chi connectivity index (χ0) is 13.2. The van der Waals surface area contributed by atoms with E-state index >= 15 is 0 Å². The minimum absolute atomic E-state index is 0.0221. The van der Waals surface area contributed by atoms with Crippen LogP contribution in [0.3, 0.4) is 0 Å². The Balaban J connectivity index is 2.00. The number of nitrogens with one attached hydrogen (secondary N) is 1. The molecular formula is C15H30N2O. The highest BCUT2D eigenvalue weighted by atomic mass is 16.3. The first kappa shape index (κ1) is 14.3. The Kier molecular flexibility index (Phi) is 4.68. The molecule has 2 N–H and O–H groups in total. The van der Waals surface area contributed by atoms with E-state index in [0.29, 0.717) is 12.1 Å². The Bertz CT molecular complexity index is 265. The number of nitrogens with zero attached hydrogens (tertiary/aromatic N) is 1. The second kappa shape index (κ2) is 5.89. The third kappa shape index (κ3) is 2.89. The monoisotopic (exact) mass is 254 g/mol. The summed E-state index contributed by atoms with van der Waals surface area (Å²) >= 11 is 0. The van der Waals surface area contributed by atoms with Crippen molar-refractivity contribution < 1.29 is 5.11 Å². The van der Waals surface area contributed by atoms with Crippen LogP contribution < -0.4 is 5.32 Å². The first-order valence-electron chi connectivity index (χ1n) is 7.66. The van der Waals surface area contributed by atoms with Crippen molar-refractivity contribution in [3.8, 4) is 0 Å². The summed E-state index contributed by atoms with van der Waals surface area (Å²) in [6.07, 6.45) is 7.45. The van der Waals surface area contributed by atoms with Crippen LogP contribution >= 0.6 is 0 Å². The van der Waals surface area contributed by atoms with Gasteiger partial charge in [-0.15, -0.1) is 0 Å². The van der Waals surface area contributed by atoms with Gasteiger partial charge in [0.15, 0.2) is 0 Å². The average molecular weight is 254 g/mol. The predicted octanol–water partition coefficient (Wildman–Crippen LogP) is 2.00. The van der Waals surface area contributed by atoms with E-state index < -0.39 is 0 Å². The molecule has 0 aromatic carbocycles. The lowest BCUT2D eigenvalue weighted by Crippen LogP contribution is -2.57. The van der Waals surface area contributed by atoms with Gasteiger partial charge in [-0.05, 0) is 65.0 Å². The number of aliphatic hydroxyl groups is 1. The van der Waals surface area contributed by atoms with Crippen LogP contribution in [0.5, 0.6) is 0 Å². The minimum atomic E-state index is -0.0221. The van der Waals surface area contributed by atoms with Crippen LogP contribution in [0.1, 0.15) is 52.4 Å². The molecule has 1 saturated heterocycles. The minimum Gasteiger partial charge on any atom is -0.394 e. The SMILES string of the molecule is CNC1(CO)CCCC(N2CCC(C)CC2C)C1. The highest BCUT2D eigenvalue weighted by Gasteiger charge is 2.38. The quantitative estimate of drug-likeness (QED) is 0.808. The highest BCUT2D eigenvalue weighted by Crippen LogP contribution is 2.34. The van der Waals surface area contributed by atoms with E-state index in [9.17, 15) is 5.11 Å². The Morgan fingerprint density at radius 1 is 1.33 bits per heavy atom. The van der Waals surface area contributed by atoms with Gasteiger partial charge in [0.05, 0.1) is 6.61 Å². The first-order valence-corrected chi connectivity index (χ1v) is 7.66. The summed E-state index contributed by atoms with van der Waals surface area (Å²) in [5.41, 5.74) is -0.0221. The zero-order valence-corrected chi connectivity index (χ0v) is 12.3. The molecule has 2 rings (SSSR count). The number of hydrogen-bond acceptors (Lipinski definition) is 3. The van der Waals surface area contributed by atoms with Crippen LogP contribution in [0.25, 0.3) is 0 Å². The molecule has 4 atom stereocenters. The fraction of sp³-hybridized carbons (Fsp3) is 1.00. The second-order valence-corrected chi connectivity index (χ2v) is 6.66. The molecule has 0 aromatic rings. The van der Waals surface area contributed by atoms with E-state index in [-0.39, 0.29) is 12.1 Å². The summed E-state index contributed by atoms with van der Waals surface area (Å²) in [5.74, 6) is 0.881. The normalized spacial score (nSPS) is 43.0. The molecule has 2 fully saturated rings. The van der Waals surface area contributed by atoms with Gasteiger partial charge < -0.3 is 10.4 Å². The topological polar surface area (TPSA) is 35.5 Å². The molecular weight excluding hydrogens is 224 g/mol. The summed E-state index contributed by atoms with van der Waals surface area (Å²) < 4.78 is 0. The maximum Gasteiger partial charge on any atom is 0.0613 e. The maximum absolute atomic E-state index is 9.68. The molecule has 2 aliphatic rings. The van der Waals surface area contributed by atoms with Crippen LogP contribution in [0.15, 0.2) is 0 Å². The Hall–Kier alpha value is -0.120. The molecule has 0 spiro atoms. The number of likely N-dealkylation sites (N-methyl/N-ethyl adjacent to an activating group) is 1. The van der Waals surface area contributed by atoms with Crippen molar-refractivity contribution in [2.75, 3.05) is 20.2 Å². The molecule has 1 heterocycles. The van der Waals surface area contributed by atoms with Crippen LogP contribution in [0, 0.1) is 5.92 Å². The van der Waals surface area contributed by atoms with Crippen LogP contribution in [-0.2, 0) is 0 Å². The average Bonchev–Trinajstić information content (AvgIpc) is 2.38. The molecule has 1 saturated carbocycles. The fourth-order valence-corrected chi connectivity index (χ4v) is 4.03. The molecule has 1 aliphatic carbocycles. The van der Waals surface area contributed by atoms with Crippen molar-refractivity contribution in [1.82, 2.24) is 10.2 Å². The second-order valence-electron chi connectivity index (χ2n) is 6.66. The number of aliphatic hydroxyl groups excluding tert-OH is 1. The van der Waals surface area contributed by atoms with Crippen LogP contribution in [0.4, 0.5) is 0 Å². The van der Waals surface area contributed by atoms with Crippen molar-refractivity contribution in [3.63, 3.8) is 0 Å². The third-order valence-electron chi connectivity index (χ3n) is 5.31. The van der Waals surface area contributed by atoms with Gasteiger partial charge in [0.25, 0.3) is 0 Å². The van der Waals surface area contributed by atoms with Crippen LogP contribution in [0.2, 0.25) is 0 Å². The Labute approximate surface area is 112 Å². The lowest BCUT2D eigenvalue weighted by molar-refractivity contribution is 0.0210. The van der Waals surface area contributed by atoms with Gasteiger partial charge in [-0.3, -0.25) is 4.90 Å². The molecule has 3 nitrogen and oxygen atoms in total. The van der Waals surface area contributed by atoms with Gasteiger partial charge in [-0.2, -0.15) is 0 Å². The molecule has 106 valence electrons. The highest BCUT2D eigenvalue weighted by molar-refractivity contribution is 4.97. The van der Waals surface area contributed by atoms with E-state index in [1.807, 2.05) is 7.05 Å². The van der Waals surface area contributed by atoms with Gasteiger partial charge in [-0.25, -0.2) is 0 Å². The standard InChI is InChI=1S/C15H30N2O/c1-12-6-8-17(13(2)9-12)14-5-4-7-15(10-14,11-18)16-3/h12-14,16,18H,4-11H2,1-3H3. The predicted molar refractivity (Wildman–Crippen MR) is 75.7 cm³/mol. The van der Waals surface area contributed by atoms with Gasteiger partial charge in [-0.1, -0.05) is 6.92 Å². The molecule has 3 heteroatoms. The lowest BCUT2D eigenvalue weighted by atomic mass is 9.77. The Morgan fingerprint density at radius 2 is 2.11 bits per heavy atom. The van der Waals surface area contributed by atoms with E-state index in [2.05, 4.69) is 24.1 Å². The summed E-state index contributed by atoms with van der Waals surface area (Å²) in [5, 5.41) is 13.1. The Morgan fingerprint density at radius 3 is 2.72 bits per heavy atom. The summed E-state index contributed by atoms with van der Waals surface area (Å²) in [6, 6.07) is 1.38.